The highest BCUT2D eigenvalue weighted by Gasteiger charge is 2.48. The summed E-state index contributed by atoms with van der Waals surface area (Å²) in [5, 5.41) is 10.7. The minimum atomic E-state index is -1.42. The minimum Gasteiger partial charge on any atom is -0.463 e. The summed E-state index contributed by atoms with van der Waals surface area (Å²) in [5.41, 5.74) is -1.28. The van der Waals surface area contributed by atoms with Gasteiger partial charge in [-0.05, 0) is 12.1 Å². The van der Waals surface area contributed by atoms with Gasteiger partial charge >= 0.3 is 44.4 Å². The van der Waals surface area contributed by atoms with E-state index in [1.165, 1.54) is 13.1 Å². The Morgan fingerprint density at radius 2 is 1.90 bits per heavy atom. The number of carbonyl (C=O) groups is 2. The Morgan fingerprint density at radius 1 is 1.20 bits per heavy atom. The van der Waals surface area contributed by atoms with Crippen LogP contribution < -0.4 is 32.5 Å². The largest absolute Gasteiger partial charge is 0.463 e. The molecule has 0 radical (unpaired) electrons. The van der Waals surface area contributed by atoms with Crippen LogP contribution in [0.5, 0.6) is 0 Å². The normalized spacial score (nSPS) is 23.2. The number of nitrogens with one attached hydrogen (secondary N) is 1. The van der Waals surface area contributed by atoms with Gasteiger partial charge in [0.05, 0.1) is 6.20 Å². The SMILES string of the molecule is CC(=O)OC[C@H]1O[C@@H](n2cc([I+]c3ccccc3)c(=O)[nH]c2=O)[C@H](O)[C@@H]1OC(C)=O. The number of aliphatic hydroxyl groups excluding tert-OH is 1. The van der Waals surface area contributed by atoms with E-state index in [1.807, 2.05) is 30.3 Å². The van der Waals surface area contributed by atoms with Gasteiger partial charge in [0.2, 0.25) is 0 Å². The molecule has 160 valence electrons. The first-order valence-electron chi connectivity index (χ1n) is 8.95. The molecule has 1 saturated heterocycles. The molecule has 0 spiro atoms. The molecule has 0 unspecified atom stereocenters. The molecule has 2 aromatic rings. The number of aromatic amines is 1. The van der Waals surface area contributed by atoms with Gasteiger partial charge in [0, 0.05) is 13.8 Å². The molecule has 1 aliphatic heterocycles. The Hall–Kier alpha value is -2.51. The molecule has 30 heavy (non-hydrogen) atoms. The zero-order valence-electron chi connectivity index (χ0n) is 16.1. The topological polar surface area (TPSA) is 137 Å². The first-order valence-corrected chi connectivity index (χ1v) is 11.1. The van der Waals surface area contributed by atoms with Crippen molar-refractivity contribution in [2.75, 3.05) is 6.61 Å². The lowest BCUT2D eigenvalue weighted by molar-refractivity contribution is -0.599. The number of rotatable bonds is 6. The molecular formula is C19H20IN2O8+. The fraction of sp³-hybridized carbons (Fsp3) is 0.368. The first-order chi connectivity index (χ1) is 14.3. The van der Waals surface area contributed by atoms with Crippen LogP contribution in [-0.2, 0) is 23.8 Å². The molecule has 1 aromatic carbocycles. The number of ether oxygens (including phenoxy) is 3. The summed E-state index contributed by atoms with van der Waals surface area (Å²) in [7, 11) is 0. The number of aromatic nitrogens is 2. The van der Waals surface area contributed by atoms with Gasteiger partial charge in [-0.2, -0.15) is 0 Å². The van der Waals surface area contributed by atoms with E-state index in [9.17, 15) is 24.3 Å². The summed E-state index contributed by atoms with van der Waals surface area (Å²) in [4.78, 5) is 49.5. The van der Waals surface area contributed by atoms with Crippen molar-refractivity contribution in [2.24, 2.45) is 0 Å². The minimum absolute atomic E-state index is 0.275. The van der Waals surface area contributed by atoms with Crippen LogP contribution in [0.25, 0.3) is 0 Å². The van der Waals surface area contributed by atoms with Gasteiger partial charge in [-0.25, -0.2) is 4.79 Å². The van der Waals surface area contributed by atoms with Crippen molar-refractivity contribution in [3.8, 4) is 0 Å². The lowest BCUT2D eigenvalue weighted by Gasteiger charge is -2.19. The van der Waals surface area contributed by atoms with Gasteiger partial charge in [0.25, 0.3) is 3.57 Å². The van der Waals surface area contributed by atoms with E-state index in [2.05, 4.69) is 4.98 Å². The van der Waals surface area contributed by atoms with Gasteiger partial charge in [0.15, 0.2) is 15.9 Å². The first kappa shape index (κ1) is 22.2. The number of nitrogens with zero attached hydrogens (tertiary/aromatic N) is 1. The molecule has 2 heterocycles. The number of benzene rings is 1. The van der Waals surface area contributed by atoms with E-state index in [0.717, 1.165) is 15.1 Å². The molecule has 3 rings (SSSR count). The molecule has 0 saturated carbocycles. The number of carbonyl (C=O) groups excluding carboxylic acids is 2. The van der Waals surface area contributed by atoms with E-state index in [1.54, 1.807) is 0 Å². The second-order valence-electron chi connectivity index (χ2n) is 6.47. The van der Waals surface area contributed by atoms with Crippen molar-refractivity contribution in [2.45, 2.75) is 38.4 Å². The van der Waals surface area contributed by atoms with Crippen LogP contribution in [0.3, 0.4) is 0 Å². The van der Waals surface area contributed by atoms with Crippen LogP contribution in [0.1, 0.15) is 20.1 Å². The van der Waals surface area contributed by atoms with Crippen molar-refractivity contribution in [1.29, 1.82) is 0 Å². The number of H-pyrrole nitrogens is 1. The van der Waals surface area contributed by atoms with Crippen molar-refractivity contribution < 1.29 is 50.1 Å². The maximum Gasteiger partial charge on any atom is 0.365 e. The smallest absolute Gasteiger partial charge is 0.365 e. The average molecular weight is 531 g/mol. The van der Waals surface area contributed by atoms with Gasteiger partial charge in [-0.15, -0.1) is 0 Å². The Labute approximate surface area is 181 Å². The molecule has 1 aliphatic rings. The molecule has 0 amide bonds. The van der Waals surface area contributed by atoms with Crippen molar-refractivity contribution in [3.05, 3.63) is 64.5 Å². The number of aliphatic hydroxyl groups is 1. The third-order valence-corrected chi connectivity index (χ3v) is 6.90. The number of hydrogen-bond acceptors (Lipinski definition) is 8. The second-order valence-corrected chi connectivity index (χ2v) is 9.41. The quantitative estimate of drug-likeness (QED) is 0.289. The fourth-order valence-electron chi connectivity index (χ4n) is 2.93. The highest BCUT2D eigenvalue weighted by molar-refractivity contribution is 5.66. The maximum atomic E-state index is 12.4. The van der Waals surface area contributed by atoms with Gasteiger partial charge in [-0.3, -0.25) is 23.9 Å². The van der Waals surface area contributed by atoms with Crippen LogP contribution in [0.4, 0.5) is 0 Å². The number of hydrogen-bond donors (Lipinski definition) is 2. The van der Waals surface area contributed by atoms with Crippen molar-refractivity contribution in [1.82, 2.24) is 9.55 Å². The molecule has 0 bridgehead atoms. The van der Waals surface area contributed by atoms with Crippen LogP contribution in [0.2, 0.25) is 0 Å². The molecule has 11 heteroatoms. The summed E-state index contributed by atoms with van der Waals surface area (Å²) in [6.07, 6.45) is -3.44. The van der Waals surface area contributed by atoms with Crippen LogP contribution in [0, 0.1) is 7.14 Å². The molecule has 2 N–H and O–H groups in total. The third kappa shape index (κ3) is 5.15. The third-order valence-electron chi connectivity index (χ3n) is 4.20. The Bertz CT molecular complexity index is 1030. The van der Waals surface area contributed by atoms with E-state index >= 15 is 0 Å². The monoisotopic (exact) mass is 531 g/mol. The maximum absolute atomic E-state index is 12.4. The molecule has 1 aromatic heterocycles. The Morgan fingerprint density at radius 3 is 2.53 bits per heavy atom. The van der Waals surface area contributed by atoms with Gasteiger partial charge in [-0.1, -0.05) is 18.2 Å². The molecule has 1 fully saturated rings. The summed E-state index contributed by atoms with van der Waals surface area (Å²) in [6.45, 7) is 2.09. The van der Waals surface area contributed by atoms with Crippen molar-refractivity contribution >= 4 is 11.9 Å². The summed E-state index contributed by atoms with van der Waals surface area (Å²) < 4.78 is 18.2. The average Bonchev–Trinajstić information content (AvgIpc) is 2.98. The van der Waals surface area contributed by atoms with E-state index in [-0.39, 0.29) is 6.61 Å². The molecular weight excluding hydrogens is 511 g/mol. The fourth-order valence-corrected chi connectivity index (χ4v) is 5.20. The van der Waals surface area contributed by atoms with Gasteiger partial charge in [0.1, 0.15) is 18.8 Å². The van der Waals surface area contributed by atoms with Crippen LogP contribution in [-0.4, -0.2) is 51.5 Å². The second kappa shape index (κ2) is 9.53. The molecule has 0 aliphatic carbocycles. The number of esters is 2. The standard InChI is InChI=1S/C19H19IN2O8/c1-10(23)28-9-14-16(29-11(2)24)15(25)18(30-14)22-8-13(17(26)21-19(22)27)20-12-6-4-3-5-7-12/h3-8,14-16,18,25H,9H2,1-2H3/p+1/t14-,15-,16-,18-/m1/s1. The zero-order valence-corrected chi connectivity index (χ0v) is 18.3. The molecule has 4 atom stereocenters. The lowest BCUT2D eigenvalue weighted by Crippen LogP contribution is -3.62. The van der Waals surface area contributed by atoms with E-state index < -0.39 is 68.9 Å². The summed E-state index contributed by atoms with van der Waals surface area (Å²) in [6, 6.07) is 9.34. The Kier molecular flexibility index (Phi) is 7.05. The zero-order chi connectivity index (χ0) is 21.8. The predicted octanol–water partition coefficient (Wildman–Crippen LogP) is -3.58. The van der Waals surface area contributed by atoms with Crippen molar-refractivity contribution in [3.63, 3.8) is 0 Å². The summed E-state index contributed by atoms with van der Waals surface area (Å²) >= 11 is -0.901. The highest BCUT2D eigenvalue weighted by Crippen LogP contribution is 2.30. The van der Waals surface area contributed by atoms with Crippen LogP contribution in [0.15, 0.2) is 46.1 Å². The predicted molar refractivity (Wildman–Crippen MR) is 97.3 cm³/mol. The van der Waals surface area contributed by atoms with Gasteiger partial charge < -0.3 is 19.3 Å². The van der Waals surface area contributed by atoms with E-state index in [0.29, 0.717) is 3.57 Å². The highest BCUT2D eigenvalue weighted by atomic mass is 127. The van der Waals surface area contributed by atoms with Crippen LogP contribution >= 0.6 is 0 Å². The van der Waals surface area contributed by atoms with E-state index in [4.69, 9.17) is 14.2 Å². The number of halogens is 1. The Balaban J connectivity index is 1.92. The lowest BCUT2D eigenvalue weighted by atomic mass is 10.1. The summed E-state index contributed by atoms with van der Waals surface area (Å²) in [5.74, 6) is -1.24. The molecule has 10 nitrogen and oxygen atoms in total.